The highest BCUT2D eigenvalue weighted by Gasteiger charge is 2.27. The van der Waals surface area contributed by atoms with Crippen molar-refractivity contribution in [1.82, 2.24) is 9.80 Å². The summed E-state index contributed by atoms with van der Waals surface area (Å²) in [7, 11) is 1.75. The Morgan fingerprint density at radius 3 is 2.79 bits per heavy atom. The van der Waals surface area contributed by atoms with Gasteiger partial charge in [-0.15, -0.1) is 0 Å². The number of carbonyl (C=O) groups excluding carboxylic acids is 1. The number of carboxylic acid groups (broad SMARTS) is 1. The fraction of sp³-hybridized carbons (Fsp3) is 0.846. The van der Waals surface area contributed by atoms with Gasteiger partial charge >= 0.3 is 5.97 Å². The van der Waals surface area contributed by atoms with Gasteiger partial charge in [0.05, 0.1) is 6.04 Å². The average molecular weight is 271 g/mol. The Morgan fingerprint density at radius 2 is 2.21 bits per heavy atom. The summed E-state index contributed by atoms with van der Waals surface area (Å²) >= 11 is 0. The van der Waals surface area contributed by atoms with Crippen LogP contribution in [-0.2, 0) is 9.59 Å². The van der Waals surface area contributed by atoms with E-state index in [4.69, 9.17) is 10.8 Å². The lowest BCUT2D eigenvalue weighted by Gasteiger charge is -2.29. The SMILES string of the molecule is CCN1CCCC1CN(C)C(=O)C(N)CCC(=O)O. The third kappa shape index (κ3) is 4.80. The molecule has 6 nitrogen and oxygen atoms in total. The maximum Gasteiger partial charge on any atom is 0.303 e. The zero-order chi connectivity index (χ0) is 14.4. The molecule has 0 aromatic carbocycles. The summed E-state index contributed by atoms with van der Waals surface area (Å²) in [6.07, 6.45) is 2.41. The summed E-state index contributed by atoms with van der Waals surface area (Å²) in [5, 5.41) is 8.59. The second-order valence-electron chi connectivity index (χ2n) is 5.18. The van der Waals surface area contributed by atoms with Gasteiger partial charge in [-0.1, -0.05) is 6.92 Å². The second-order valence-corrected chi connectivity index (χ2v) is 5.18. The van der Waals surface area contributed by atoms with E-state index in [1.54, 1.807) is 11.9 Å². The van der Waals surface area contributed by atoms with Crippen molar-refractivity contribution >= 4 is 11.9 Å². The summed E-state index contributed by atoms with van der Waals surface area (Å²) < 4.78 is 0. The van der Waals surface area contributed by atoms with Gasteiger partial charge in [-0.05, 0) is 32.4 Å². The number of hydrogen-bond donors (Lipinski definition) is 2. The van der Waals surface area contributed by atoms with E-state index in [9.17, 15) is 9.59 Å². The maximum absolute atomic E-state index is 12.0. The number of carbonyl (C=O) groups is 2. The molecule has 2 unspecified atom stereocenters. The first kappa shape index (κ1) is 15.9. The predicted octanol–water partition coefficient (Wildman–Crippen LogP) is 0.121. The van der Waals surface area contributed by atoms with Gasteiger partial charge in [0.1, 0.15) is 0 Å². The molecule has 110 valence electrons. The molecule has 6 heteroatoms. The van der Waals surface area contributed by atoms with E-state index < -0.39 is 12.0 Å². The molecule has 0 bridgehead atoms. The van der Waals surface area contributed by atoms with E-state index >= 15 is 0 Å². The lowest BCUT2D eigenvalue weighted by Crippen LogP contribution is -2.47. The summed E-state index contributed by atoms with van der Waals surface area (Å²) in [5.74, 6) is -1.08. The molecule has 1 rings (SSSR count). The third-order valence-corrected chi connectivity index (χ3v) is 3.75. The first-order chi connectivity index (χ1) is 8.95. The molecule has 2 atom stereocenters. The molecule has 0 spiro atoms. The van der Waals surface area contributed by atoms with Crippen LogP contribution in [-0.4, -0.2) is 65.5 Å². The predicted molar refractivity (Wildman–Crippen MR) is 72.8 cm³/mol. The van der Waals surface area contributed by atoms with Gasteiger partial charge < -0.3 is 15.7 Å². The number of likely N-dealkylation sites (tertiary alicyclic amines) is 1. The highest BCUT2D eigenvalue weighted by Crippen LogP contribution is 2.17. The number of aliphatic carboxylic acids is 1. The molecule has 1 heterocycles. The van der Waals surface area contributed by atoms with Gasteiger partial charge in [0.15, 0.2) is 0 Å². The number of carboxylic acids is 1. The molecule has 0 saturated carbocycles. The molecule has 19 heavy (non-hydrogen) atoms. The smallest absolute Gasteiger partial charge is 0.303 e. The number of rotatable bonds is 7. The van der Waals surface area contributed by atoms with E-state index in [2.05, 4.69) is 11.8 Å². The maximum atomic E-state index is 12.0. The lowest BCUT2D eigenvalue weighted by atomic mass is 10.1. The Hall–Kier alpha value is -1.14. The summed E-state index contributed by atoms with van der Waals surface area (Å²) in [4.78, 5) is 26.5. The van der Waals surface area contributed by atoms with Gasteiger partial charge in [0.2, 0.25) is 5.91 Å². The van der Waals surface area contributed by atoms with Crippen molar-refractivity contribution in [2.75, 3.05) is 26.7 Å². The fourth-order valence-electron chi connectivity index (χ4n) is 2.61. The number of amides is 1. The van der Waals surface area contributed by atoms with Crippen LogP contribution in [0.1, 0.15) is 32.6 Å². The number of nitrogens with two attached hydrogens (primary N) is 1. The van der Waals surface area contributed by atoms with Crippen molar-refractivity contribution in [2.45, 2.75) is 44.7 Å². The van der Waals surface area contributed by atoms with Crippen molar-refractivity contribution in [3.8, 4) is 0 Å². The van der Waals surface area contributed by atoms with Crippen LogP contribution in [0.4, 0.5) is 0 Å². The van der Waals surface area contributed by atoms with Crippen LogP contribution in [0, 0.1) is 0 Å². The first-order valence-electron chi connectivity index (χ1n) is 6.92. The largest absolute Gasteiger partial charge is 0.481 e. The van der Waals surface area contributed by atoms with Crippen molar-refractivity contribution in [3.05, 3.63) is 0 Å². The van der Waals surface area contributed by atoms with E-state index in [1.165, 1.54) is 6.42 Å². The molecule has 1 aliphatic heterocycles. The Balaban J connectivity index is 2.41. The molecule has 1 aliphatic rings. The zero-order valence-corrected chi connectivity index (χ0v) is 11.8. The third-order valence-electron chi connectivity index (χ3n) is 3.75. The van der Waals surface area contributed by atoms with E-state index in [-0.39, 0.29) is 18.7 Å². The second kappa shape index (κ2) is 7.45. The molecular weight excluding hydrogens is 246 g/mol. The molecule has 3 N–H and O–H groups in total. The van der Waals surface area contributed by atoms with Crippen molar-refractivity contribution in [3.63, 3.8) is 0 Å². The summed E-state index contributed by atoms with van der Waals surface area (Å²) in [6.45, 7) is 4.89. The Kier molecular flexibility index (Phi) is 6.24. The molecule has 0 aromatic rings. The number of nitrogens with zero attached hydrogens (tertiary/aromatic N) is 2. The topological polar surface area (TPSA) is 86.9 Å². The molecule has 1 amide bonds. The molecule has 1 saturated heterocycles. The highest BCUT2D eigenvalue weighted by atomic mass is 16.4. The van der Waals surface area contributed by atoms with Crippen molar-refractivity contribution in [2.24, 2.45) is 5.73 Å². The summed E-state index contributed by atoms with van der Waals surface area (Å²) in [6, 6.07) is -0.303. The first-order valence-corrected chi connectivity index (χ1v) is 6.92. The van der Waals surface area contributed by atoms with Gasteiger partial charge in [0.25, 0.3) is 0 Å². The molecule has 0 aromatic heterocycles. The van der Waals surface area contributed by atoms with Crippen molar-refractivity contribution in [1.29, 1.82) is 0 Å². The molecular formula is C13H25N3O3. The van der Waals surface area contributed by atoms with Crippen LogP contribution < -0.4 is 5.73 Å². The quantitative estimate of drug-likeness (QED) is 0.687. The van der Waals surface area contributed by atoms with Gasteiger partial charge in [-0.3, -0.25) is 14.5 Å². The Bertz CT molecular complexity index is 322. The van der Waals surface area contributed by atoms with Crippen LogP contribution in [0.25, 0.3) is 0 Å². The van der Waals surface area contributed by atoms with Crippen LogP contribution in [0.3, 0.4) is 0 Å². The van der Waals surface area contributed by atoms with Crippen molar-refractivity contribution < 1.29 is 14.7 Å². The minimum Gasteiger partial charge on any atom is -0.481 e. The molecule has 1 fully saturated rings. The number of hydrogen-bond acceptors (Lipinski definition) is 4. The highest BCUT2D eigenvalue weighted by molar-refractivity contribution is 5.82. The van der Waals surface area contributed by atoms with E-state index in [1.807, 2.05) is 0 Å². The number of likely N-dealkylation sites (N-methyl/N-ethyl adjacent to an activating group) is 2. The lowest BCUT2D eigenvalue weighted by molar-refractivity contribution is -0.137. The molecule has 0 radical (unpaired) electrons. The van der Waals surface area contributed by atoms with Gasteiger partial charge in [-0.25, -0.2) is 0 Å². The fourth-order valence-corrected chi connectivity index (χ4v) is 2.61. The minimum atomic E-state index is -0.918. The standard InChI is InChI=1S/C13H25N3O3/c1-3-16-8-4-5-10(16)9-15(2)13(19)11(14)6-7-12(17)18/h10-11H,3-9,14H2,1-2H3,(H,17,18). The molecule has 0 aliphatic carbocycles. The normalized spacial score (nSPS) is 21.3. The minimum absolute atomic E-state index is 0.0642. The summed E-state index contributed by atoms with van der Waals surface area (Å²) in [5.41, 5.74) is 5.74. The monoisotopic (exact) mass is 271 g/mol. The Morgan fingerprint density at radius 1 is 1.53 bits per heavy atom. The van der Waals surface area contributed by atoms with Crippen LogP contribution in [0.2, 0.25) is 0 Å². The van der Waals surface area contributed by atoms with Crippen LogP contribution >= 0.6 is 0 Å². The van der Waals surface area contributed by atoms with Crippen LogP contribution in [0.15, 0.2) is 0 Å². The van der Waals surface area contributed by atoms with Gasteiger partial charge in [0, 0.05) is 26.1 Å². The average Bonchev–Trinajstić information content (AvgIpc) is 2.81. The zero-order valence-electron chi connectivity index (χ0n) is 11.8. The van der Waals surface area contributed by atoms with Gasteiger partial charge in [-0.2, -0.15) is 0 Å². The van der Waals surface area contributed by atoms with E-state index in [0.29, 0.717) is 12.6 Å². The van der Waals surface area contributed by atoms with Crippen LogP contribution in [0.5, 0.6) is 0 Å². The Labute approximate surface area is 114 Å². The van der Waals surface area contributed by atoms with E-state index in [0.717, 1.165) is 19.5 Å².